The second-order valence-corrected chi connectivity index (χ2v) is 5.51. The summed E-state index contributed by atoms with van der Waals surface area (Å²) in [5.74, 6) is 0. The van der Waals surface area contributed by atoms with Crippen LogP contribution in [0.4, 0.5) is 0 Å². The molecule has 5 heteroatoms. The van der Waals surface area contributed by atoms with Crippen LogP contribution in [0.1, 0.15) is 38.4 Å². The number of morpholine rings is 1. The Hall–Kier alpha value is -0.910. The molecule has 1 N–H and O–H groups in total. The minimum absolute atomic E-state index is 0.482. The van der Waals surface area contributed by atoms with Crippen LogP contribution in [0.3, 0.4) is 0 Å². The zero-order valence-corrected chi connectivity index (χ0v) is 12.8. The van der Waals surface area contributed by atoms with Crippen LogP contribution in [0.15, 0.2) is 12.3 Å². The summed E-state index contributed by atoms with van der Waals surface area (Å²) in [6.07, 6.45) is 4.21. The van der Waals surface area contributed by atoms with Crippen LogP contribution in [0.5, 0.6) is 0 Å². The Bertz CT molecular complexity index is 374. The highest BCUT2D eigenvalue weighted by atomic mass is 16.5. The standard InChI is InChI=1S/C15H28N4O/c1-3-14(2)19-15(5-7-17-19)13-16-6-4-8-18-9-11-20-12-10-18/h5,7,14,16H,3-4,6,8-13H2,1-2H3/t14-/m1/s1. The fourth-order valence-electron chi connectivity index (χ4n) is 2.52. The predicted octanol–water partition coefficient (Wildman–Crippen LogP) is 1.67. The van der Waals surface area contributed by atoms with Crippen LogP contribution in [-0.4, -0.2) is 54.1 Å². The lowest BCUT2D eigenvalue weighted by atomic mass is 10.2. The van der Waals surface area contributed by atoms with Gasteiger partial charge in [-0.2, -0.15) is 5.10 Å². The third kappa shape index (κ3) is 4.58. The molecule has 1 aliphatic rings. The number of nitrogens with zero attached hydrogens (tertiary/aromatic N) is 3. The number of hydrogen-bond acceptors (Lipinski definition) is 4. The molecular weight excluding hydrogens is 252 g/mol. The van der Waals surface area contributed by atoms with Crippen molar-refractivity contribution in [3.8, 4) is 0 Å². The van der Waals surface area contributed by atoms with Crippen LogP contribution < -0.4 is 5.32 Å². The molecule has 1 fully saturated rings. The van der Waals surface area contributed by atoms with E-state index in [1.165, 1.54) is 18.7 Å². The lowest BCUT2D eigenvalue weighted by Crippen LogP contribution is -2.37. The van der Waals surface area contributed by atoms with Gasteiger partial charge in [-0.25, -0.2) is 0 Å². The number of hydrogen-bond donors (Lipinski definition) is 1. The third-order valence-electron chi connectivity index (χ3n) is 4.00. The third-order valence-corrected chi connectivity index (χ3v) is 4.00. The largest absolute Gasteiger partial charge is 0.379 e. The molecular formula is C15H28N4O. The number of ether oxygens (including phenoxy) is 1. The number of aromatic nitrogens is 2. The van der Waals surface area contributed by atoms with E-state index < -0.39 is 0 Å². The van der Waals surface area contributed by atoms with Crippen molar-refractivity contribution in [2.45, 2.75) is 39.3 Å². The monoisotopic (exact) mass is 280 g/mol. The average molecular weight is 280 g/mol. The predicted molar refractivity (Wildman–Crippen MR) is 80.8 cm³/mol. The van der Waals surface area contributed by atoms with Crippen molar-refractivity contribution >= 4 is 0 Å². The van der Waals surface area contributed by atoms with E-state index in [2.05, 4.69) is 39.9 Å². The topological polar surface area (TPSA) is 42.3 Å². The number of rotatable bonds is 8. The summed E-state index contributed by atoms with van der Waals surface area (Å²) in [7, 11) is 0. The molecule has 1 aromatic heterocycles. The average Bonchev–Trinajstić information content (AvgIpc) is 2.95. The van der Waals surface area contributed by atoms with E-state index in [1.807, 2.05) is 6.20 Å². The quantitative estimate of drug-likeness (QED) is 0.736. The molecule has 0 amide bonds. The SMILES string of the molecule is CC[C@@H](C)n1nccc1CNCCCN1CCOCC1. The lowest BCUT2D eigenvalue weighted by Gasteiger charge is -2.26. The Balaban J connectivity index is 1.62. The molecule has 0 unspecified atom stereocenters. The molecule has 2 rings (SSSR count). The van der Waals surface area contributed by atoms with Gasteiger partial charge in [0.25, 0.3) is 0 Å². The Labute approximate surface area is 122 Å². The van der Waals surface area contributed by atoms with Crippen LogP contribution in [0.25, 0.3) is 0 Å². The summed E-state index contributed by atoms with van der Waals surface area (Å²) in [4.78, 5) is 2.48. The summed E-state index contributed by atoms with van der Waals surface area (Å²) < 4.78 is 7.49. The highest BCUT2D eigenvalue weighted by Gasteiger charge is 2.10. The van der Waals surface area contributed by atoms with Crippen molar-refractivity contribution in [3.05, 3.63) is 18.0 Å². The molecule has 1 saturated heterocycles. The normalized spacial score (nSPS) is 18.3. The number of nitrogens with one attached hydrogen (secondary N) is 1. The van der Waals surface area contributed by atoms with Crippen molar-refractivity contribution in [2.75, 3.05) is 39.4 Å². The van der Waals surface area contributed by atoms with Gasteiger partial charge >= 0.3 is 0 Å². The Morgan fingerprint density at radius 3 is 2.95 bits per heavy atom. The second-order valence-electron chi connectivity index (χ2n) is 5.51. The Morgan fingerprint density at radius 2 is 2.20 bits per heavy atom. The maximum Gasteiger partial charge on any atom is 0.0594 e. The molecule has 1 aromatic rings. The van der Waals surface area contributed by atoms with E-state index >= 15 is 0 Å². The van der Waals surface area contributed by atoms with Crippen molar-refractivity contribution in [1.82, 2.24) is 20.0 Å². The van der Waals surface area contributed by atoms with Gasteiger partial charge in [0.2, 0.25) is 0 Å². The molecule has 2 heterocycles. The van der Waals surface area contributed by atoms with Gasteiger partial charge in [-0.15, -0.1) is 0 Å². The fourth-order valence-corrected chi connectivity index (χ4v) is 2.52. The zero-order chi connectivity index (χ0) is 14.2. The second kappa shape index (κ2) is 8.39. The van der Waals surface area contributed by atoms with Crippen molar-refractivity contribution in [3.63, 3.8) is 0 Å². The maximum absolute atomic E-state index is 5.36. The maximum atomic E-state index is 5.36. The van der Waals surface area contributed by atoms with E-state index in [9.17, 15) is 0 Å². The van der Waals surface area contributed by atoms with E-state index in [1.54, 1.807) is 0 Å². The van der Waals surface area contributed by atoms with Crippen LogP contribution in [0.2, 0.25) is 0 Å². The van der Waals surface area contributed by atoms with Crippen molar-refractivity contribution in [1.29, 1.82) is 0 Å². The van der Waals surface area contributed by atoms with Gasteiger partial charge in [0.15, 0.2) is 0 Å². The van der Waals surface area contributed by atoms with E-state index in [0.717, 1.165) is 45.8 Å². The molecule has 114 valence electrons. The van der Waals surface area contributed by atoms with Gasteiger partial charge in [0.05, 0.1) is 18.9 Å². The molecule has 0 saturated carbocycles. The van der Waals surface area contributed by atoms with E-state index in [-0.39, 0.29) is 0 Å². The summed E-state index contributed by atoms with van der Waals surface area (Å²) in [5.41, 5.74) is 1.28. The van der Waals surface area contributed by atoms with E-state index in [4.69, 9.17) is 4.74 Å². The van der Waals surface area contributed by atoms with Gasteiger partial charge in [-0.3, -0.25) is 9.58 Å². The van der Waals surface area contributed by atoms with Crippen molar-refractivity contribution in [2.24, 2.45) is 0 Å². The summed E-state index contributed by atoms with van der Waals surface area (Å²) in [6.45, 7) is 11.5. The molecule has 1 atom stereocenters. The van der Waals surface area contributed by atoms with Crippen LogP contribution in [0, 0.1) is 0 Å². The highest BCUT2D eigenvalue weighted by Crippen LogP contribution is 2.11. The molecule has 1 aliphatic heterocycles. The molecule has 20 heavy (non-hydrogen) atoms. The van der Waals surface area contributed by atoms with Crippen LogP contribution >= 0.6 is 0 Å². The molecule has 0 radical (unpaired) electrons. The minimum atomic E-state index is 0.482. The molecule has 5 nitrogen and oxygen atoms in total. The van der Waals surface area contributed by atoms with Gasteiger partial charge in [-0.1, -0.05) is 6.92 Å². The molecule has 0 bridgehead atoms. The molecule has 0 aromatic carbocycles. The first-order chi connectivity index (χ1) is 9.81. The first-order valence-corrected chi connectivity index (χ1v) is 7.84. The van der Waals surface area contributed by atoms with Gasteiger partial charge < -0.3 is 10.1 Å². The minimum Gasteiger partial charge on any atom is -0.379 e. The zero-order valence-electron chi connectivity index (χ0n) is 12.8. The van der Waals surface area contributed by atoms with E-state index in [0.29, 0.717) is 6.04 Å². The Kier molecular flexibility index (Phi) is 6.50. The molecule has 0 aliphatic carbocycles. The fraction of sp³-hybridized carbons (Fsp3) is 0.800. The molecule has 0 spiro atoms. The first-order valence-electron chi connectivity index (χ1n) is 7.84. The van der Waals surface area contributed by atoms with Gasteiger partial charge in [0, 0.05) is 31.9 Å². The summed E-state index contributed by atoms with van der Waals surface area (Å²) in [6, 6.07) is 2.59. The smallest absolute Gasteiger partial charge is 0.0594 e. The van der Waals surface area contributed by atoms with Gasteiger partial charge in [-0.05, 0) is 38.9 Å². The van der Waals surface area contributed by atoms with Crippen molar-refractivity contribution < 1.29 is 4.74 Å². The summed E-state index contributed by atoms with van der Waals surface area (Å²) in [5, 5.41) is 7.94. The lowest BCUT2D eigenvalue weighted by molar-refractivity contribution is 0.0374. The first kappa shape index (κ1) is 15.5. The van der Waals surface area contributed by atoms with Gasteiger partial charge in [0.1, 0.15) is 0 Å². The highest BCUT2D eigenvalue weighted by molar-refractivity contribution is 5.01. The summed E-state index contributed by atoms with van der Waals surface area (Å²) >= 11 is 0. The van der Waals surface area contributed by atoms with Crippen LogP contribution in [-0.2, 0) is 11.3 Å². The Morgan fingerprint density at radius 1 is 1.40 bits per heavy atom.